The van der Waals surface area contributed by atoms with E-state index in [1.807, 2.05) is 0 Å². The van der Waals surface area contributed by atoms with Crippen LogP contribution in [0.25, 0.3) is 0 Å². The van der Waals surface area contributed by atoms with Crippen LogP contribution in [-0.2, 0) is 16.8 Å². The average molecular weight is 195 g/mol. The van der Waals surface area contributed by atoms with Crippen LogP contribution in [0.5, 0.6) is 0 Å². The molecule has 0 saturated carbocycles. The van der Waals surface area contributed by atoms with Crippen molar-refractivity contribution < 1.29 is 4.74 Å². The van der Waals surface area contributed by atoms with Crippen LogP contribution in [0.2, 0.25) is 0 Å². The predicted molar refractivity (Wildman–Crippen MR) is 52.9 cm³/mol. The van der Waals surface area contributed by atoms with Crippen molar-refractivity contribution in [1.29, 1.82) is 0 Å². The molecule has 1 saturated heterocycles. The molecule has 14 heavy (non-hydrogen) atoms. The number of nitrogens with zero attached hydrogens (tertiary/aromatic N) is 2. The molecule has 1 aliphatic rings. The number of aromatic nitrogens is 3. The SMILES string of the molecule is CCCc1nc(C2(C)CCCO2)n[nH]1. The number of hydrogen-bond acceptors (Lipinski definition) is 3. The van der Waals surface area contributed by atoms with Crippen LogP contribution < -0.4 is 0 Å². The molecule has 2 heterocycles. The first-order chi connectivity index (χ1) is 6.74. The second kappa shape index (κ2) is 3.69. The first-order valence-corrected chi connectivity index (χ1v) is 5.30. The summed E-state index contributed by atoms with van der Waals surface area (Å²) in [5, 5.41) is 7.20. The van der Waals surface area contributed by atoms with Crippen LogP contribution in [0.15, 0.2) is 0 Å². The molecule has 0 aliphatic carbocycles. The van der Waals surface area contributed by atoms with Gasteiger partial charge in [0.2, 0.25) is 0 Å². The third-order valence-corrected chi connectivity index (χ3v) is 2.71. The fourth-order valence-corrected chi connectivity index (χ4v) is 1.84. The van der Waals surface area contributed by atoms with E-state index in [1.165, 1.54) is 0 Å². The second-order valence-corrected chi connectivity index (χ2v) is 4.04. The molecule has 1 atom stereocenters. The van der Waals surface area contributed by atoms with Crippen LogP contribution in [-0.4, -0.2) is 21.8 Å². The summed E-state index contributed by atoms with van der Waals surface area (Å²) < 4.78 is 5.67. The van der Waals surface area contributed by atoms with Gasteiger partial charge in [0.15, 0.2) is 5.82 Å². The predicted octanol–water partition coefficient (Wildman–Crippen LogP) is 1.78. The Morgan fingerprint density at radius 2 is 2.43 bits per heavy atom. The quantitative estimate of drug-likeness (QED) is 0.799. The first kappa shape index (κ1) is 9.65. The number of rotatable bonds is 3. The molecule has 0 aromatic carbocycles. The molecule has 1 N–H and O–H groups in total. The van der Waals surface area contributed by atoms with Gasteiger partial charge in [-0.05, 0) is 26.2 Å². The highest BCUT2D eigenvalue weighted by atomic mass is 16.5. The molecule has 0 amide bonds. The van der Waals surface area contributed by atoms with Crippen LogP contribution >= 0.6 is 0 Å². The molecular weight excluding hydrogens is 178 g/mol. The van der Waals surface area contributed by atoms with Gasteiger partial charge in [-0.15, -0.1) is 0 Å². The number of aromatic amines is 1. The lowest BCUT2D eigenvalue weighted by Crippen LogP contribution is -2.21. The average Bonchev–Trinajstić information content (AvgIpc) is 2.75. The molecule has 0 bridgehead atoms. The van der Waals surface area contributed by atoms with Crippen molar-refractivity contribution >= 4 is 0 Å². The fourth-order valence-electron chi connectivity index (χ4n) is 1.84. The second-order valence-electron chi connectivity index (χ2n) is 4.04. The number of aryl methyl sites for hydroxylation is 1. The molecule has 1 aromatic heterocycles. The zero-order valence-electron chi connectivity index (χ0n) is 8.84. The largest absolute Gasteiger partial charge is 0.367 e. The van der Waals surface area contributed by atoms with Crippen molar-refractivity contribution in [3.8, 4) is 0 Å². The molecule has 2 rings (SSSR count). The topological polar surface area (TPSA) is 50.8 Å². The Balaban J connectivity index is 2.15. The van der Waals surface area contributed by atoms with Crippen molar-refractivity contribution in [2.75, 3.05) is 6.61 Å². The van der Waals surface area contributed by atoms with Crippen LogP contribution in [0.3, 0.4) is 0 Å². The molecule has 1 aromatic rings. The van der Waals surface area contributed by atoms with Crippen molar-refractivity contribution in [2.45, 2.75) is 45.1 Å². The minimum Gasteiger partial charge on any atom is -0.367 e. The molecule has 1 fully saturated rings. The number of H-pyrrole nitrogens is 1. The van der Waals surface area contributed by atoms with E-state index < -0.39 is 0 Å². The van der Waals surface area contributed by atoms with Crippen molar-refractivity contribution in [2.24, 2.45) is 0 Å². The Kier molecular flexibility index (Phi) is 2.54. The third kappa shape index (κ3) is 1.66. The van der Waals surface area contributed by atoms with Crippen molar-refractivity contribution in [3.05, 3.63) is 11.6 Å². The van der Waals surface area contributed by atoms with Gasteiger partial charge in [0.25, 0.3) is 0 Å². The fraction of sp³-hybridized carbons (Fsp3) is 0.800. The summed E-state index contributed by atoms with van der Waals surface area (Å²) in [6.45, 7) is 5.03. The van der Waals surface area contributed by atoms with E-state index in [9.17, 15) is 0 Å². The lowest BCUT2D eigenvalue weighted by molar-refractivity contribution is 0.00959. The van der Waals surface area contributed by atoms with E-state index in [0.717, 1.165) is 43.9 Å². The maximum absolute atomic E-state index is 5.67. The van der Waals surface area contributed by atoms with Gasteiger partial charge < -0.3 is 4.74 Å². The molecular formula is C10H17N3O. The number of nitrogens with one attached hydrogen (secondary N) is 1. The highest BCUT2D eigenvalue weighted by Gasteiger charge is 2.35. The van der Waals surface area contributed by atoms with Gasteiger partial charge in [-0.25, -0.2) is 4.98 Å². The van der Waals surface area contributed by atoms with Gasteiger partial charge in [0.1, 0.15) is 11.4 Å². The molecule has 0 spiro atoms. The van der Waals surface area contributed by atoms with E-state index in [4.69, 9.17) is 4.74 Å². The maximum atomic E-state index is 5.67. The summed E-state index contributed by atoms with van der Waals surface area (Å²) >= 11 is 0. The summed E-state index contributed by atoms with van der Waals surface area (Å²) in [5.74, 6) is 1.79. The zero-order valence-corrected chi connectivity index (χ0v) is 8.84. The summed E-state index contributed by atoms with van der Waals surface area (Å²) in [6.07, 6.45) is 4.18. The van der Waals surface area contributed by atoms with E-state index in [1.54, 1.807) is 0 Å². The Bertz CT molecular complexity index is 302. The lowest BCUT2D eigenvalue weighted by Gasteiger charge is -2.18. The standard InChI is InChI=1S/C10H17N3O/c1-3-5-8-11-9(13-12-8)10(2)6-4-7-14-10/h3-7H2,1-2H3,(H,11,12,13). The maximum Gasteiger partial charge on any atom is 0.182 e. The first-order valence-electron chi connectivity index (χ1n) is 5.30. The molecule has 1 unspecified atom stereocenters. The van der Waals surface area contributed by atoms with Gasteiger partial charge in [-0.1, -0.05) is 6.92 Å². The van der Waals surface area contributed by atoms with Gasteiger partial charge in [0, 0.05) is 13.0 Å². The van der Waals surface area contributed by atoms with Crippen molar-refractivity contribution in [3.63, 3.8) is 0 Å². The third-order valence-electron chi connectivity index (χ3n) is 2.71. The van der Waals surface area contributed by atoms with Crippen LogP contribution in [0.4, 0.5) is 0 Å². The van der Waals surface area contributed by atoms with E-state index >= 15 is 0 Å². The summed E-state index contributed by atoms with van der Waals surface area (Å²) in [6, 6.07) is 0. The highest BCUT2D eigenvalue weighted by molar-refractivity contribution is 5.03. The van der Waals surface area contributed by atoms with E-state index in [2.05, 4.69) is 29.0 Å². The monoisotopic (exact) mass is 195 g/mol. The Labute approximate surface area is 84.1 Å². The number of ether oxygens (including phenoxy) is 1. The van der Waals surface area contributed by atoms with Crippen molar-refractivity contribution in [1.82, 2.24) is 15.2 Å². The van der Waals surface area contributed by atoms with E-state index in [0.29, 0.717) is 0 Å². The van der Waals surface area contributed by atoms with E-state index in [-0.39, 0.29) is 5.60 Å². The summed E-state index contributed by atoms with van der Waals surface area (Å²) in [4.78, 5) is 4.46. The highest BCUT2D eigenvalue weighted by Crippen LogP contribution is 2.33. The molecule has 4 nitrogen and oxygen atoms in total. The smallest absolute Gasteiger partial charge is 0.182 e. The van der Waals surface area contributed by atoms with Gasteiger partial charge >= 0.3 is 0 Å². The molecule has 78 valence electrons. The normalized spacial score (nSPS) is 27.0. The Hall–Kier alpha value is -0.900. The summed E-state index contributed by atoms with van der Waals surface area (Å²) in [7, 11) is 0. The molecule has 4 heteroatoms. The molecule has 0 radical (unpaired) electrons. The number of hydrogen-bond donors (Lipinski definition) is 1. The minimum atomic E-state index is -0.248. The van der Waals surface area contributed by atoms with Gasteiger partial charge in [0.05, 0.1) is 0 Å². The zero-order chi connectivity index (χ0) is 10.0. The minimum absolute atomic E-state index is 0.248. The Morgan fingerprint density at radius 1 is 1.57 bits per heavy atom. The van der Waals surface area contributed by atoms with Gasteiger partial charge in [-0.3, -0.25) is 5.10 Å². The summed E-state index contributed by atoms with van der Waals surface area (Å²) in [5.41, 5.74) is -0.248. The van der Waals surface area contributed by atoms with Gasteiger partial charge in [-0.2, -0.15) is 5.10 Å². The Morgan fingerprint density at radius 3 is 3.07 bits per heavy atom. The lowest BCUT2D eigenvalue weighted by atomic mass is 10.0. The van der Waals surface area contributed by atoms with Crippen LogP contribution in [0, 0.1) is 0 Å². The van der Waals surface area contributed by atoms with Crippen LogP contribution in [0.1, 0.15) is 44.8 Å². The molecule has 1 aliphatic heterocycles.